The number of alkyl halides is 4. The Labute approximate surface area is 113 Å². The van der Waals surface area contributed by atoms with Crippen LogP contribution in [0.15, 0.2) is 0 Å². The third kappa shape index (κ3) is 2.35. The molecule has 0 bridgehead atoms. The summed E-state index contributed by atoms with van der Waals surface area (Å²) < 4.78 is 51.0. The van der Waals surface area contributed by atoms with Gasteiger partial charge < -0.3 is 10.2 Å². The number of rotatable bonds is 4. The van der Waals surface area contributed by atoms with E-state index in [2.05, 4.69) is 5.32 Å². The predicted molar refractivity (Wildman–Crippen MR) is 61.4 cm³/mol. The fourth-order valence-electron chi connectivity index (χ4n) is 2.47. The van der Waals surface area contributed by atoms with Gasteiger partial charge in [0.25, 0.3) is 0 Å². The number of hydrogen-bond acceptors (Lipinski definition) is 2. The van der Waals surface area contributed by atoms with Crippen molar-refractivity contribution in [2.75, 3.05) is 6.54 Å². The predicted octanol–water partition coefficient (Wildman–Crippen LogP) is 1.40. The second kappa shape index (κ2) is 4.60. The van der Waals surface area contributed by atoms with Crippen molar-refractivity contribution in [2.45, 2.75) is 50.6 Å². The van der Waals surface area contributed by atoms with E-state index in [1.807, 2.05) is 0 Å². The first-order valence-electron chi connectivity index (χ1n) is 6.38. The lowest BCUT2D eigenvalue weighted by Crippen LogP contribution is -2.70. The molecule has 0 spiro atoms. The first-order chi connectivity index (χ1) is 9.09. The van der Waals surface area contributed by atoms with Gasteiger partial charge in [-0.25, -0.2) is 8.78 Å². The van der Waals surface area contributed by atoms with Gasteiger partial charge in [0.15, 0.2) is 0 Å². The van der Waals surface area contributed by atoms with Gasteiger partial charge in [-0.1, -0.05) is 0 Å². The molecule has 0 aromatic carbocycles. The van der Waals surface area contributed by atoms with Gasteiger partial charge in [-0.3, -0.25) is 9.59 Å². The van der Waals surface area contributed by atoms with Crippen molar-refractivity contribution in [3.8, 4) is 0 Å². The van der Waals surface area contributed by atoms with Gasteiger partial charge >= 0.3 is 12.3 Å². The highest BCUT2D eigenvalue weighted by Gasteiger charge is 2.56. The van der Waals surface area contributed by atoms with E-state index in [1.54, 1.807) is 0 Å². The minimum atomic E-state index is -4.33. The second-order valence-corrected chi connectivity index (χ2v) is 5.64. The number of nitrogens with one attached hydrogen (secondary N) is 1. The van der Waals surface area contributed by atoms with Gasteiger partial charge in [-0.15, -0.1) is 0 Å². The summed E-state index contributed by atoms with van der Waals surface area (Å²) >= 11 is 0. The molecular weight excluding hydrogens is 280 g/mol. The van der Waals surface area contributed by atoms with Crippen molar-refractivity contribution >= 4 is 11.8 Å². The highest BCUT2D eigenvalue weighted by Crippen LogP contribution is 2.42. The van der Waals surface area contributed by atoms with Gasteiger partial charge in [0.05, 0.1) is 6.54 Å². The van der Waals surface area contributed by atoms with Crippen LogP contribution in [0.2, 0.25) is 0 Å². The van der Waals surface area contributed by atoms with Crippen LogP contribution < -0.4 is 5.32 Å². The van der Waals surface area contributed by atoms with Gasteiger partial charge in [0, 0.05) is 0 Å². The van der Waals surface area contributed by atoms with Gasteiger partial charge in [-0.2, -0.15) is 8.78 Å². The van der Waals surface area contributed by atoms with E-state index in [9.17, 15) is 27.2 Å². The Hall–Kier alpha value is -1.34. The summed E-state index contributed by atoms with van der Waals surface area (Å²) in [6.45, 7) is 1.27. The molecule has 1 aliphatic heterocycles. The summed E-state index contributed by atoms with van der Waals surface area (Å²) in [6, 6.07) is -1.18. The van der Waals surface area contributed by atoms with Crippen LogP contribution in [-0.2, 0) is 9.59 Å². The van der Waals surface area contributed by atoms with E-state index < -0.39 is 42.3 Å². The minimum Gasteiger partial charge on any atom is -0.340 e. The van der Waals surface area contributed by atoms with Gasteiger partial charge in [0.1, 0.15) is 11.6 Å². The van der Waals surface area contributed by atoms with E-state index >= 15 is 0 Å². The molecule has 1 saturated carbocycles. The molecule has 20 heavy (non-hydrogen) atoms. The van der Waals surface area contributed by atoms with Crippen LogP contribution in [0.4, 0.5) is 17.6 Å². The molecule has 8 heteroatoms. The van der Waals surface area contributed by atoms with Crippen LogP contribution in [0.5, 0.6) is 0 Å². The molecule has 2 atom stereocenters. The molecule has 2 fully saturated rings. The lowest BCUT2D eigenvalue weighted by Gasteiger charge is -2.44. The number of piperazine rings is 1. The molecule has 114 valence electrons. The number of hydrogen-bond donors (Lipinski definition) is 1. The fourth-order valence-corrected chi connectivity index (χ4v) is 2.47. The van der Waals surface area contributed by atoms with Crippen LogP contribution in [0.25, 0.3) is 0 Å². The van der Waals surface area contributed by atoms with Crippen molar-refractivity contribution in [2.24, 2.45) is 5.92 Å². The molecule has 2 rings (SSSR count). The number of carbonyl (C=O) groups is 2. The number of carbonyl (C=O) groups excluding carboxylic acids is 2. The molecule has 2 aliphatic rings. The molecular formula is C12H16F4N2O2. The maximum atomic E-state index is 13.2. The zero-order chi connectivity index (χ0) is 15.3. The Balaban J connectivity index is 2.25. The van der Waals surface area contributed by atoms with Crippen LogP contribution in [-0.4, -0.2) is 47.2 Å². The lowest BCUT2D eigenvalue weighted by atomic mass is 9.89. The van der Waals surface area contributed by atoms with E-state index in [4.69, 9.17) is 0 Å². The molecule has 1 heterocycles. The van der Waals surface area contributed by atoms with Crippen molar-refractivity contribution in [1.82, 2.24) is 10.2 Å². The molecule has 2 amide bonds. The van der Waals surface area contributed by atoms with E-state index in [1.165, 1.54) is 13.8 Å². The standard InChI is InChI=1S/C12H16F4N2O2/c1-6-8(19)17-11(2,7-3-4-7)10(20)18(6)5-12(15,16)9(13)14/h6-7,9H,3-5H2,1-2H3,(H,17,19). The zero-order valence-electron chi connectivity index (χ0n) is 11.1. The summed E-state index contributed by atoms with van der Waals surface area (Å²) in [5.74, 6) is -5.75. The molecule has 4 nitrogen and oxygen atoms in total. The van der Waals surface area contributed by atoms with Crippen molar-refractivity contribution in [1.29, 1.82) is 0 Å². The number of amides is 2. The molecule has 2 unspecified atom stereocenters. The first kappa shape index (κ1) is 15.1. The first-order valence-corrected chi connectivity index (χ1v) is 6.38. The SMILES string of the molecule is CC1C(=O)NC(C)(C2CC2)C(=O)N1CC(F)(F)C(F)F. The van der Waals surface area contributed by atoms with Crippen molar-refractivity contribution in [3.63, 3.8) is 0 Å². The van der Waals surface area contributed by atoms with Gasteiger partial charge in [-0.05, 0) is 32.6 Å². The summed E-state index contributed by atoms with van der Waals surface area (Å²) in [4.78, 5) is 24.7. The molecule has 0 aromatic heterocycles. The third-order valence-electron chi connectivity index (χ3n) is 4.03. The Kier molecular flexibility index (Phi) is 3.46. The molecule has 0 radical (unpaired) electrons. The largest absolute Gasteiger partial charge is 0.340 e. The van der Waals surface area contributed by atoms with E-state index in [0.29, 0.717) is 17.7 Å². The van der Waals surface area contributed by atoms with Crippen LogP contribution in [0, 0.1) is 5.92 Å². The Morgan fingerprint density at radius 2 is 1.95 bits per heavy atom. The Bertz CT molecular complexity index is 439. The second-order valence-electron chi connectivity index (χ2n) is 5.64. The zero-order valence-corrected chi connectivity index (χ0v) is 11.1. The highest BCUT2D eigenvalue weighted by atomic mass is 19.3. The molecule has 1 saturated heterocycles. The Morgan fingerprint density at radius 1 is 1.40 bits per heavy atom. The Morgan fingerprint density at radius 3 is 2.40 bits per heavy atom. The topological polar surface area (TPSA) is 49.4 Å². The van der Waals surface area contributed by atoms with Crippen molar-refractivity contribution in [3.05, 3.63) is 0 Å². The third-order valence-corrected chi connectivity index (χ3v) is 4.03. The normalized spacial score (nSPS) is 31.8. The van der Waals surface area contributed by atoms with Crippen molar-refractivity contribution < 1.29 is 27.2 Å². The maximum Gasteiger partial charge on any atom is 0.324 e. The van der Waals surface area contributed by atoms with E-state index in [-0.39, 0.29) is 5.92 Å². The average molecular weight is 296 g/mol. The van der Waals surface area contributed by atoms with Crippen LogP contribution in [0.3, 0.4) is 0 Å². The fraction of sp³-hybridized carbons (Fsp3) is 0.833. The smallest absolute Gasteiger partial charge is 0.324 e. The molecule has 1 N–H and O–H groups in total. The summed E-state index contributed by atoms with van der Waals surface area (Å²) in [7, 11) is 0. The average Bonchev–Trinajstić information content (AvgIpc) is 3.16. The maximum absolute atomic E-state index is 13.2. The molecule has 0 aromatic rings. The monoisotopic (exact) mass is 296 g/mol. The van der Waals surface area contributed by atoms with Crippen LogP contribution in [0.1, 0.15) is 26.7 Å². The quantitative estimate of drug-likeness (QED) is 0.797. The summed E-state index contributed by atoms with van der Waals surface area (Å²) in [5, 5.41) is 2.54. The highest BCUT2D eigenvalue weighted by molar-refractivity contribution is 5.99. The number of halogens is 4. The number of nitrogens with zero attached hydrogens (tertiary/aromatic N) is 1. The van der Waals surface area contributed by atoms with E-state index in [0.717, 1.165) is 0 Å². The van der Waals surface area contributed by atoms with Crippen LogP contribution >= 0.6 is 0 Å². The van der Waals surface area contributed by atoms with Gasteiger partial charge in [0.2, 0.25) is 11.8 Å². The summed E-state index contributed by atoms with van der Waals surface area (Å²) in [5.41, 5.74) is -1.26. The lowest BCUT2D eigenvalue weighted by molar-refractivity contribution is -0.173. The minimum absolute atomic E-state index is 0.117. The summed E-state index contributed by atoms with van der Waals surface area (Å²) in [6.07, 6.45) is -2.47. The molecule has 1 aliphatic carbocycles.